The first-order valence-corrected chi connectivity index (χ1v) is 7.97. The number of oxazole rings is 1. The van der Waals surface area contributed by atoms with Crippen molar-refractivity contribution in [2.45, 2.75) is 6.54 Å². The number of amides is 1. The fraction of sp³-hybridized carbons (Fsp3) is 0.0556. The van der Waals surface area contributed by atoms with Crippen LogP contribution in [0.3, 0.4) is 0 Å². The summed E-state index contributed by atoms with van der Waals surface area (Å²) in [4.78, 5) is 16.6. The van der Waals surface area contributed by atoms with Crippen LogP contribution in [0.2, 0.25) is 0 Å². The van der Waals surface area contributed by atoms with Crippen LogP contribution in [0.15, 0.2) is 59.1 Å². The highest BCUT2D eigenvalue weighted by Gasteiger charge is 2.11. The molecule has 0 bridgehead atoms. The van der Waals surface area contributed by atoms with Crippen LogP contribution in [0.4, 0.5) is 4.39 Å². The second-order valence-corrected chi connectivity index (χ2v) is 5.71. The summed E-state index contributed by atoms with van der Waals surface area (Å²) < 4.78 is 18.7. The number of rotatable bonds is 5. The Balaban J connectivity index is 1.49. The number of nitrogens with zero attached hydrogens (tertiary/aromatic N) is 5. The van der Waals surface area contributed by atoms with Gasteiger partial charge in [-0.1, -0.05) is 12.1 Å². The predicted octanol–water partition coefficient (Wildman–Crippen LogP) is 2.28. The van der Waals surface area contributed by atoms with E-state index in [1.165, 1.54) is 16.9 Å². The highest BCUT2D eigenvalue weighted by molar-refractivity contribution is 5.93. The quantitative estimate of drug-likeness (QED) is 0.581. The predicted molar refractivity (Wildman–Crippen MR) is 92.8 cm³/mol. The van der Waals surface area contributed by atoms with Crippen molar-refractivity contribution < 1.29 is 13.6 Å². The van der Waals surface area contributed by atoms with Crippen molar-refractivity contribution >= 4 is 5.91 Å². The average molecular weight is 364 g/mol. The highest BCUT2D eigenvalue weighted by atomic mass is 19.1. The molecule has 8 nitrogen and oxygen atoms in total. The molecule has 4 aromatic rings. The number of carbonyl (C=O) groups excluding carboxylic acids is 1. The minimum absolute atomic E-state index is 0.188. The Bertz CT molecular complexity index is 1090. The maximum absolute atomic E-state index is 13.0. The molecule has 0 aliphatic rings. The molecule has 0 aliphatic carbocycles. The molecule has 0 radical (unpaired) electrons. The van der Waals surface area contributed by atoms with Crippen LogP contribution < -0.4 is 5.73 Å². The topological polar surface area (TPSA) is 113 Å². The molecule has 0 unspecified atom stereocenters. The van der Waals surface area contributed by atoms with E-state index in [0.717, 1.165) is 5.56 Å². The lowest BCUT2D eigenvalue weighted by atomic mass is 10.1. The second kappa shape index (κ2) is 6.79. The van der Waals surface area contributed by atoms with E-state index in [2.05, 4.69) is 20.4 Å². The largest absolute Gasteiger partial charge is 0.439 e. The molecule has 2 aromatic carbocycles. The Morgan fingerprint density at radius 1 is 1.07 bits per heavy atom. The summed E-state index contributed by atoms with van der Waals surface area (Å²) >= 11 is 0. The van der Waals surface area contributed by atoms with Gasteiger partial charge in [0.2, 0.25) is 17.6 Å². The lowest BCUT2D eigenvalue weighted by molar-refractivity contribution is 0.100. The van der Waals surface area contributed by atoms with Gasteiger partial charge in [-0.05, 0) is 41.6 Å². The van der Waals surface area contributed by atoms with E-state index in [1.807, 2.05) is 0 Å². The number of aromatic nitrogens is 5. The molecule has 0 saturated carbocycles. The van der Waals surface area contributed by atoms with Crippen molar-refractivity contribution in [1.29, 1.82) is 0 Å². The molecule has 1 amide bonds. The highest BCUT2D eigenvalue weighted by Crippen LogP contribution is 2.21. The molecule has 2 aromatic heterocycles. The smallest absolute Gasteiger partial charge is 0.248 e. The van der Waals surface area contributed by atoms with Crippen LogP contribution in [0.25, 0.3) is 22.7 Å². The molecular weight excluding hydrogens is 351 g/mol. The van der Waals surface area contributed by atoms with Crippen LogP contribution in [0, 0.1) is 5.82 Å². The summed E-state index contributed by atoms with van der Waals surface area (Å²) in [7, 11) is 0. The van der Waals surface area contributed by atoms with E-state index in [-0.39, 0.29) is 12.4 Å². The number of tetrazole rings is 1. The number of hydrogen-bond acceptors (Lipinski definition) is 6. The van der Waals surface area contributed by atoms with Gasteiger partial charge in [-0.2, -0.15) is 4.80 Å². The van der Waals surface area contributed by atoms with Crippen LogP contribution in [-0.2, 0) is 6.54 Å². The summed E-state index contributed by atoms with van der Waals surface area (Å²) in [5.74, 6) is 0.492. The number of primary amides is 1. The third-order valence-corrected chi connectivity index (χ3v) is 3.84. The van der Waals surface area contributed by atoms with E-state index < -0.39 is 5.91 Å². The average Bonchev–Trinajstić information content (AvgIpc) is 3.33. The summed E-state index contributed by atoms with van der Waals surface area (Å²) in [6, 6.07) is 12.5. The molecule has 4 rings (SSSR count). The van der Waals surface area contributed by atoms with Crippen molar-refractivity contribution in [2.75, 3.05) is 0 Å². The van der Waals surface area contributed by atoms with E-state index >= 15 is 0 Å². The second-order valence-electron chi connectivity index (χ2n) is 5.71. The van der Waals surface area contributed by atoms with Crippen LogP contribution >= 0.6 is 0 Å². The summed E-state index contributed by atoms with van der Waals surface area (Å²) in [5.41, 5.74) is 7.04. The number of benzene rings is 2. The Morgan fingerprint density at radius 2 is 1.78 bits per heavy atom. The normalized spacial score (nSPS) is 10.9. The fourth-order valence-corrected chi connectivity index (χ4v) is 2.46. The molecular formula is C18H13FN6O2. The van der Waals surface area contributed by atoms with Crippen LogP contribution in [0.5, 0.6) is 0 Å². The molecule has 2 heterocycles. The zero-order valence-corrected chi connectivity index (χ0v) is 13.9. The van der Waals surface area contributed by atoms with E-state index in [1.54, 1.807) is 42.6 Å². The molecule has 0 saturated heterocycles. The molecule has 2 N–H and O–H groups in total. The first-order chi connectivity index (χ1) is 13.1. The lowest BCUT2D eigenvalue weighted by Crippen LogP contribution is -2.10. The van der Waals surface area contributed by atoms with Crippen molar-refractivity contribution in [1.82, 2.24) is 25.2 Å². The summed E-state index contributed by atoms with van der Waals surface area (Å²) in [6.07, 6.45) is 1.56. The van der Waals surface area contributed by atoms with Crippen molar-refractivity contribution in [3.05, 3.63) is 72.0 Å². The molecule has 0 aliphatic heterocycles. The minimum atomic E-state index is -0.501. The third kappa shape index (κ3) is 3.56. The fourth-order valence-electron chi connectivity index (χ4n) is 2.46. The standard InChI is InChI=1S/C18H13FN6O2/c19-14-7-5-11(6-8-14)15-9-21-16(27-15)10-25-23-18(22-24-25)13-3-1-12(2-4-13)17(20)26/h1-9H,10H2,(H2,20,26). The van der Waals surface area contributed by atoms with Gasteiger partial charge < -0.3 is 10.2 Å². The lowest BCUT2D eigenvalue weighted by Gasteiger charge is -1.97. The maximum Gasteiger partial charge on any atom is 0.248 e. The Kier molecular flexibility index (Phi) is 4.17. The summed E-state index contributed by atoms with van der Waals surface area (Å²) in [5, 5.41) is 12.2. The molecule has 134 valence electrons. The Morgan fingerprint density at radius 3 is 2.48 bits per heavy atom. The van der Waals surface area contributed by atoms with E-state index in [4.69, 9.17) is 10.2 Å². The maximum atomic E-state index is 13.0. The first kappa shape index (κ1) is 16.6. The molecule has 0 spiro atoms. The zero-order valence-electron chi connectivity index (χ0n) is 13.9. The SMILES string of the molecule is NC(=O)c1ccc(-c2nnn(Cc3ncc(-c4ccc(F)cc4)o3)n2)cc1. The van der Waals surface area contributed by atoms with Crippen molar-refractivity contribution in [2.24, 2.45) is 5.73 Å². The number of nitrogens with two attached hydrogens (primary N) is 1. The van der Waals surface area contributed by atoms with Crippen LogP contribution in [-0.4, -0.2) is 31.1 Å². The van der Waals surface area contributed by atoms with Crippen molar-refractivity contribution in [3.63, 3.8) is 0 Å². The molecule has 0 atom stereocenters. The van der Waals surface area contributed by atoms with Gasteiger partial charge in [0.05, 0.1) is 6.20 Å². The van der Waals surface area contributed by atoms with Gasteiger partial charge in [-0.3, -0.25) is 4.79 Å². The van der Waals surface area contributed by atoms with Gasteiger partial charge in [0, 0.05) is 16.7 Å². The van der Waals surface area contributed by atoms with Gasteiger partial charge >= 0.3 is 0 Å². The number of halogens is 1. The van der Waals surface area contributed by atoms with E-state index in [0.29, 0.717) is 28.6 Å². The Labute approximate surface area is 152 Å². The van der Waals surface area contributed by atoms with Gasteiger partial charge in [0.25, 0.3) is 0 Å². The zero-order chi connectivity index (χ0) is 18.8. The third-order valence-electron chi connectivity index (χ3n) is 3.84. The Hall–Kier alpha value is -3.88. The van der Waals surface area contributed by atoms with Gasteiger partial charge in [-0.15, -0.1) is 10.2 Å². The summed E-state index contributed by atoms with van der Waals surface area (Å²) in [6.45, 7) is 0.188. The first-order valence-electron chi connectivity index (χ1n) is 7.97. The van der Waals surface area contributed by atoms with E-state index in [9.17, 15) is 9.18 Å². The molecule has 9 heteroatoms. The van der Waals surface area contributed by atoms with Gasteiger partial charge in [-0.25, -0.2) is 9.37 Å². The molecule has 27 heavy (non-hydrogen) atoms. The van der Waals surface area contributed by atoms with Crippen LogP contribution in [0.1, 0.15) is 16.2 Å². The van der Waals surface area contributed by atoms with Crippen molar-refractivity contribution in [3.8, 4) is 22.7 Å². The molecule has 0 fully saturated rings. The van der Waals surface area contributed by atoms with Gasteiger partial charge in [0.15, 0.2) is 5.76 Å². The number of hydrogen-bond donors (Lipinski definition) is 1. The monoisotopic (exact) mass is 364 g/mol. The number of carbonyl (C=O) groups is 1. The minimum Gasteiger partial charge on any atom is -0.439 e. The van der Waals surface area contributed by atoms with Gasteiger partial charge in [0.1, 0.15) is 12.4 Å².